The molecule has 2 aromatic rings. The van der Waals surface area contributed by atoms with E-state index in [1.807, 2.05) is 29.2 Å². The molecule has 1 N–H and O–H groups in total. The van der Waals surface area contributed by atoms with E-state index in [9.17, 15) is 4.79 Å². The van der Waals surface area contributed by atoms with E-state index in [-0.39, 0.29) is 29.9 Å². The van der Waals surface area contributed by atoms with Crippen LogP contribution >= 0.6 is 35.6 Å². The zero-order valence-corrected chi connectivity index (χ0v) is 18.3. The van der Waals surface area contributed by atoms with Gasteiger partial charge in [0, 0.05) is 44.8 Å². The third-order valence-electron chi connectivity index (χ3n) is 4.45. The molecule has 6 nitrogen and oxygen atoms in total. The molecule has 146 valence electrons. The Morgan fingerprint density at radius 2 is 1.85 bits per heavy atom. The van der Waals surface area contributed by atoms with Crippen molar-refractivity contribution in [1.29, 1.82) is 0 Å². The first-order chi connectivity index (χ1) is 12.7. The summed E-state index contributed by atoms with van der Waals surface area (Å²) in [6.45, 7) is 3.51. The normalized spacial score (nSPS) is 14.7. The Hall–Kier alpha value is -1.74. The van der Waals surface area contributed by atoms with Crippen LogP contribution in [0, 0.1) is 0 Å². The zero-order chi connectivity index (χ0) is 18.4. The van der Waals surface area contributed by atoms with Crippen LogP contribution in [-0.4, -0.2) is 61.4 Å². The number of halogens is 2. The fourth-order valence-electron chi connectivity index (χ4n) is 3.02. The van der Waals surface area contributed by atoms with Crippen LogP contribution in [-0.2, 0) is 6.42 Å². The van der Waals surface area contributed by atoms with Gasteiger partial charge in [-0.1, -0.05) is 29.8 Å². The number of guanidine groups is 1. The van der Waals surface area contributed by atoms with Crippen LogP contribution in [0.1, 0.15) is 16.1 Å². The number of hydrogen-bond donors (Lipinski definition) is 1. The molecular weight excluding hydrogens is 479 g/mol. The summed E-state index contributed by atoms with van der Waals surface area (Å²) >= 11 is 6.20. The number of amides is 1. The van der Waals surface area contributed by atoms with E-state index < -0.39 is 0 Å². The lowest BCUT2D eigenvalue weighted by molar-refractivity contribution is 0.0658. The number of furan rings is 1. The number of carbonyl (C=O) groups is 1. The number of hydrogen-bond acceptors (Lipinski definition) is 3. The lowest BCUT2D eigenvalue weighted by Crippen LogP contribution is -2.54. The first-order valence-corrected chi connectivity index (χ1v) is 9.08. The van der Waals surface area contributed by atoms with Crippen LogP contribution in [0.3, 0.4) is 0 Å². The summed E-state index contributed by atoms with van der Waals surface area (Å²) in [5.74, 6) is 1.18. The van der Waals surface area contributed by atoms with Crippen LogP contribution in [0.2, 0.25) is 5.02 Å². The van der Waals surface area contributed by atoms with Gasteiger partial charge in [-0.05, 0) is 30.2 Å². The molecular formula is C19H24ClIN4O2. The molecule has 1 fully saturated rings. The van der Waals surface area contributed by atoms with Crippen molar-refractivity contribution in [2.45, 2.75) is 6.42 Å². The lowest BCUT2D eigenvalue weighted by atomic mass is 10.1. The van der Waals surface area contributed by atoms with Crippen molar-refractivity contribution in [1.82, 2.24) is 15.1 Å². The molecule has 0 aliphatic carbocycles. The molecule has 0 bridgehead atoms. The Labute approximate surface area is 181 Å². The van der Waals surface area contributed by atoms with Crippen molar-refractivity contribution in [2.24, 2.45) is 4.99 Å². The summed E-state index contributed by atoms with van der Waals surface area (Å²) in [5, 5.41) is 4.17. The van der Waals surface area contributed by atoms with E-state index in [4.69, 9.17) is 16.0 Å². The molecule has 0 unspecified atom stereocenters. The van der Waals surface area contributed by atoms with Gasteiger partial charge in [0.25, 0.3) is 5.91 Å². The zero-order valence-electron chi connectivity index (χ0n) is 15.2. The standard InChI is InChI=1S/C19H23ClN4O2.HI/c1-21-19(22-9-8-15-5-2-3-6-16(15)20)24-12-10-23(11-13-24)18(25)17-7-4-14-26-17;/h2-7,14H,8-13H2,1H3,(H,21,22);1H. The summed E-state index contributed by atoms with van der Waals surface area (Å²) in [4.78, 5) is 20.7. The van der Waals surface area contributed by atoms with Crippen molar-refractivity contribution < 1.29 is 9.21 Å². The highest BCUT2D eigenvalue weighted by atomic mass is 127. The van der Waals surface area contributed by atoms with Crippen LogP contribution < -0.4 is 5.32 Å². The van der Waals surface area contributed by atoms with E-state index in [1.54, 1.807) is 19.2 Å². The topological polar surface area (TPSA) is 61.1 Å². The molecule has 0 saturated carbocycles. The maximum atomic E-state index is 12.3. The third kappa shape index (κ3) is 5.62. The first kappa shape index (κ1) is 21.6. The predicted octanol–water partition coefficient (Wildman–Crippen LogP) is 3.13. The Bertz CT molecular complexity index is 759. The first-order valence-electron chi connectivity index (χ1n) is 8.71. The minimum Gasteiger partial charge on any atom is -0.459 e. The predicted molar refractivity (Wildman–Crippen MR) is 118 cm³/mol. The smallest absolute Gasteiger partial charge is 0.289 e. The lowest BCUT2D eigenvalue weighted by Gasteiger charge is -2.36. The largest absolute Gasteiger partial charge is 0.459 e. The third-order valence-corrected chi connectivity index (χ3v) is 4.81. The molecule has 2 heterocycles. The molecule has 3 rings (SSSR count). The van der Waals surface area contributed by atoms with Crippen LogP contribution in [0.4, 0.5) is 0 Å². The minimum absolute atomic E-state index is 0. The van der Waals surface area contributed by atoms with Gasteiger partial charge in [0.2, 0.25) is 0 Å². The number of aliphatic imine (C=N–C) groups is 1. The minimum atomic E-state index is -0.0590. The maximum Gasteiger partial charge on any atom is 0.289 e. The molecule has 0 spiro atoms. The number of benzene rings is 1. The molecule has 1 aliphatic heterocycles. The quantitative estimate of drug-likeness (QED) is 0.396. The number of carbonyl (C=O) groups excluding carboxylic acids is 1. The summed E-state index contributed by atoms with van der Waals surface area (Å²) < 4.78 is 5.20. The molecule has 1 saturated heterocycles. The summed E-state index contributed by atoms with van der Waals surface area (Å²) in [6.07, 6.45) is 2.35. The van der Waals surface area contributed by atoms with Crippen LogP contribution in [0.15, 0.2) is 52.1 Å². The van der Waals surface area contributed by atoms with Gasteiger partial charge in [0.1, 0.15) is 0 Å². The average Bonchev–Trinajstić information content (AvgIpc) is 3.21. The van der Waals surface area contributed by atoms with Crippen molar-refractivity contribution in [2.75, 3.05) is 39.8 Å². The van der Waals surface area contributed by atoms with Crippen molar-refractivity contribution in [3.05, 3.63) is 59.0 Å². The second-order valence-electron chi connectivity index (χ2n) is 6.07. The second kappa shape index (κ2) is 10.6. The molecule has 1 aliphatic rings. The monoisotopic (exact) mass is 502 g/mol. The molecule has 27 heavy (non-hydrogen) atoms. The molecule has 0 atom stereocenters. The number of piperazine rings is 1. The summed E-state index contributed by atoms with van der Waals surface area (Å²) in [7, 11) is 1.78. The van der Waals surface area contributed by atoms with E-state index in [2.05, 4.69) is 15.2 Å². The van der Waals surface area contributed by atoms with Gasteiger partial charge in [-0.2, -0.15) is 0 Å². The second-order valence-corrected chi connectivity index (χ2v) is 6.48. The van der Waals surface area contributed by atoms with E-state index >= 15 is 0 Å². The fourth-order valence-corrected chi connectivity index (χ4v) is 3.25. The highest BCUT2D eigenvalue weighted by molar-refractivity contribution is 14.0. The van der Waals surface area contributed by atoms with Gasteiger partial charge >= 0.3 is 0 Å². The molecule has 1 amide bonds. The molecule has 1 aromatic heterocycles. The van der Waals surface area contributed by atoms with Gasteiger partial charge < -0.3 is 19.5 Å². The SMILES string of the molecule is CN=C(NCCc1ccccc1Cl)N1CCN(C(=O)c2ccco2)CC1.I. The number of nitrogens with zero attached hydrogens (tertiary/aromatic N) is 3. The molecule has 1 aromatic carbocycles. The number of rotatable bonds is 4. The highest BCUT2D eigenvalue weighted by Gasteiger charge is 2.25. The highest BCUT2D eigenvalue weighted by Crippen LogP contribution is 2.15. The van der Waals surface area contributed by atoms with E-state index in [1.165, 1.54) is 6.26 Å². The van der Waals surface area contributed by atoms with Crippen molar-refractivity contribution in [3.63, 3.8) is 0 Å². The Morgan fingerprint density at radius 1 is 1.15 bits per heavy atom. The summed E-state index contributed by atoms with van der Waals surface area (Å²) in [5.41, 5.74) is 1.12. The average molecular weight is 503 g/mol. The molecule has 0 radical (unpaired) electrons. The van der Waals surface area contributed by atoms with Crippen molar-refractivity contribution in [3.8, 4) is 0 Å². The van der Waals surface area contributed by atoms with E-state index in [0.29, 0.717) is 18.8 Å². The van der Waals surface area contributed by atoms with Crippen molar-refractivity contribution >= 4 is 47.4 Å². The van der Waals surface area contributed by atoms with Gasteiger partial charge in [-0.3, -0.25) is 9.79 Å². The van der Waals surface area contributed by atoms with Gasteiger partial charge in [0.05, 0.1) is 6.26 Å². The molecule has 8 heteroatoms. The van der Waals surface area contributed by atoms with Crippen LogP contribution in [0.5, 0.6) is 0 Å². The fraction of sp³-hybridized carbons (Fsp3) is 0.368. The Morgan fingerprint density at radius 3 is 2.48 bits per heavy atom. The Balaban J connectivity index is 0.00000261. The van der Waals surface area contributed by atoms with Gasteiger partial charge in [0.15, 0.2) is 11.7 Å². The van der Waals surface area contributed by atoms with Crippen LogP contribution in [0.25, 0.3) is 0 Å². The maximum absolute atomic E-state index is 12.3. The van der Waals surface area contributed by atoms with E-state index in [0.717, 1.165) is 42.6 Å². The summed E-state index contributed by atoms with van der Waals surface area (Å²) in [6, 6.07) is 11.3. The number of nitrogens with one attached hydrogen (secondary N) is 1. The van der Waals surface area contributed by atoms with Gasteiger partial charge in [-0.15, -0.1) is 24.0 Å². The van der Waals surface area contributed by atoms with Gasteiger partial charge in [-0.25, -0.2) is 0 Å². The Kier molecular flexibility index (Phi) is 8.43.